The molecule has 0 spiro atoms. The SMILES string of the molecule is CC(C)C(=O)NCCNC1CCCCC1C1CCCCC1. The third-order valence-electron chi connectivity index (χ3n) is 5.43. The molecule has 0 aromatic rings. The zero-order valence-electron chi connectivity index (χ0n) is 14.0. The Balaban J connectivity index is 1.72. The van der Waals surface area contributed by atoms with Crippen molar-refractivity contribution in [3.8, 4) is 0 Å². The highest BCUT2D eigenvalue weighted by atomic mass is 16.1. The number of hydrogen-bond donors (Lipinski definition) is 2. The van der Waals surface area contributed by atoms with Gasteiger partial charge in [-0.05, 0) is 24.7 Å². The molecule has 2 aliphatic carbocycles. The lowest BCUT2D eigenvalue weighted by atomic mass is 9.71. The summed E-state index contributed by atoms with van der Waals surface area (Å²) in [5, 5.41) is 6.76. The first kappa shape index (κ1) is 16.8. The van der Waals surface area contributed by atoms with Gasteiger partial charge in [0.15, 0.2) is 0 Å². The summed E-state index contributed by atoms with van der Waals surface area (Å²) in [6.45, 7) is 5.59. The summed E-state index contributed by atoms with van der Waals surface area (Å²) in [5.74, 6) is 2.11. The van der Waals surface area contributed by atoms with Crippen LogP contribution < -0.4 is 10.6 Å². The number of carbonyl (C=O) groups excluding carboxylic acids is 1. The molecule has 2 atom stereocenters. The Kier molecular flexibility index (Phi) is 7.01. The maximum absolute atomic E-state index is 11.6. The molecule has 2 fully saturated rings. The van der Waals surface area contributed by atoms with Crippen molar-refractivity contribution in [2.24, 2.45) is 17.8 Å². The second-order valence-corrected chi connectivity index (χ2v) is 7.35. The number of nitrogens with one attached hydrogen (secondary N) is 2. The average molecular weight is 294 g/mol. The van der Waals surface area contributed by atoms with E-state index >= 15 is 0 Å². The number of carbonyl (C=O) groups is 1. The molecule has 2 aliphatic rings. The van der Waals surface area contributed by atoms with Gasteiger partial charge in [0.1, 0.15) is 0 Å². The van der Waals surface area contributed by atoms with Gasteiger partial charge in [-0.1, -0.05) is 58.8 Å². The van der Waals surface area contributed by atoms with Crippen LogP contribution in [0.2, 0.25) is 0 Å². The highest BCUT2D eigenvalue weighted by molar-refractivity contribution is 5.77. The first-order chi connectivity index (χ1) is 10.2. The molecule has 3 heteroatoms. The Morgan fingerprint density at radius 2 is 1.62 bits per heavy atom. The van der Waals surface area contributed by atoms with E-state index in [0.717, 1.165) is 24.9 Å². The maximum atomic E-state index is 11.6. The fourth-order valence-corrected chi connectivity index (χ4v) is 4.19. The average Bonchev–Trinajstić information content (AvgIpc) is 2.52. The van der Waals surface area contributed by atoms with Crippen molar-refractivity contribution in [3.05, 3.63) is 0 Å². The Bertz CT molecular complexity index is 310. The van der Waals surface area contributed by atoms with E-state index in [2.05, 4.69) is 10.6 Å². The van der Waals surface area contributed by atoms with Crippen molar-refractivity contribution < 1.29 is 4.79 Å². The number of rotatable bonds is 6. The molecule has 3 nitrogen and oxygen atoms in total. The van der Waals surface area contributed by atoms with Crippen LogP contribution in [0.15, 0.2) is 0 Å². The molecule has 0 saturated heterocycles. The summed E-state index contributed by atoms with van der Waals surface area (Å²) in [5.41, 5.74) is 0. The van der Waals surface area contributed by atoms with Crippen LogP contribution in [0.5, 0.6) is 0 Å². The molecule has 0 bridgehead atoms. The van der Waals surface area contributed by atoms with Gasteiger partial charge >= 0.3 is 0 Å². The van der Waals surface area contributed by atoms with E-state index in [-0.39, 0.29) is 11.8 Å². The van der Waals surface area contributed by atoms with Gasteiger partial charge in [0.05, 0.1) is 0 Å². The van der Waals surface area contributed by atoms with Crippen molar-refractivity contribution in [1.82, 2.24) is 10.6 Å². The molecule has 0 aromatic heterocycles. The predicted octanol–water partition coefficient (Wildman–Crippen LogP) is 3.49. The second kappa shape index (κ2) is 8.77. The molecule has 0 heterocycles. The Hall–Kier alpha value is -0.570. The first-order valence-corrected chi connectivity index (χ1v) is 9.19. The van der Waals surface area contributed by atoms with Gasteiger partial charge < -0.3 is 10.6 Å². The molecule has 0 aliphatic heterocycles. The quantitative estimate of drug-likeness (QED) is 0.736. The second-order valence-electron chi connectivity index (χ2n) is 7.35. The summed E-state index contributed by atoms with van der Waals surface area (Å²) >= 11 is 0. The van der Waals surface area contributed by atoms with Crippen molar-refractivity contribution in [1.29, 1.82) is 0 Å². The van der Waals surface area contributed by atoms with Crippen LogP contribution in [-0.4, -0.2) is 25.0 Å². The minimum atomic E-state index is 0.0923. The lowest BCUT2D eigenvalue weighted by Gasteiger charge is -2.39. The molecule has 1 amide bonds. The van der Waals surface area contributed by atoms with Crippen molar-refractivity contribution in [2.45, 2.75) is 77.7 Å². The van der Waals surface area contributed by atoms with Gasteiger partial charge in [-0.15, -0.1) is 0 Å². The van der Waals surface area contributed by atoms with Gasteiger partial charge in [-0.3, -0.25) is 4.79 Å². The van der Waals surface area contributed by atoms with Gasteiger partial charge in [-0.25, -0.2) is 0 Å². The van der Waals surface area contributed by atoms with Crippen LogP contribution in [0.4, 0.5) is 0 Å². The smallest absolute Gasteiger partial charge is 0.222 e. The van der Waals surface area contributed by atoms with Crippen LogP contribution in [0.25, 0.3) is 0 Å². The van der Waals surface area contributed by atoms with Gasteiger partial charge in [0.25, 0.3) is 0 Å². The number of hydrogen-bond acceptors (Lipinski definition) is 2. The van der Waals surface area contributed by atoms with E-state index in [1.165, 1.54) is 57.8 Å². The van der Waals surface area contributed by atoms with E-state index in [4.69, 9.17) is 0 Å². The van der Waals surface area contributed by atoms with Crippen LogP contribution >= 0.6 is 0 Å². The van der Waals surface area contributed by atoms with Gasteiger partial charge in [0.2, 0.25) is 5.91 Å². The Morgan fingerprint density at radius 1 is 0.952 bits per heavy atom. The van der Waals surface area contributed by atoms with E-state index in [0.29, 0.717) is 6.04 Å². The predicted molar refractivity (Wildman–Crippen MR) is 88.2 cm³/mol. The minimum Gasteiger partial charge on any atom is -0.355 e. The molecular formula is C18H34N2O. The zero-order chi connectivity index (χ0) is 15.1. The van der Waals surface area contributed by atoms with Crippen LogP contribution in [0, 0.1) is 17.8 Å². The first-order valence-electron chi connectivity index (χ1n) is 9.19. The molecule has 122 valence electrons. The van der Waals surface area contributed by atoms with Crippen molar-refractivity contribution in [2.75, 3.05) is 13.1 Å². The summed E-state index contributed by atoms with van der Waals surface area (Å²) in [6.07, 6.45) is 12.8. The minimum absolute atomic E-state index is 0.0923. The summed E-state index contributed by atoms with van der Waals surface area (Å²) < 4.78 is 0. The van der Waals surface area contributed by atoms with E-state index < -0.39 is 0 Å². The van der Waals surface area contributed by atoms with Crippen LogP contribution in [-0.2, 0) is 4.79 Å². The standard InChI is InChI=1S/C18H34N2O/c1-14(2)18(21)20-13-12-19-17-11-7-6-10-16(17)15-8-4-3-5-9-15/h14-17,19H,3-13H2,1-2H3,(H,20,21). The number of amides is 1. The van der Waals surface area contributed by atoms with Crippen molar-refractivity contribution >= 4 is 5.91 Å². The third kappa shape index (κ3) is 5.28. The Morgan fingerprint density at radius 3 is 2.33 bits per heavy atom. The molecule has 0 aromatic carbocycles. The van der Waals surface area contributed by atoms with E-state index in [1.807, 2.05) is 13.8 Å². The van der Waals surface area contributed by atoms with Crippen molar-refractivity contribution in [3.63, 3.8) is 0 Å². The normalized spacial score (nSPS) is 27.8. The lowest BCUT2D eigenvalue weighted by Crippen LogP contribution is -2.45. The highest BCUT2D eigenvalue weighted by Gasteiger charge is 2.31. The summed E-state index contributed by atoms with van der Waals surface area (Å²) in [6, 6.07) is 0.692. The molecule has 0 radical (unpaired) electrons. The van der Waals surface area contributed by atoms with Crippen LogP contribution in [0.3, 0.4) is 0 Å². The largest absolute Gasteiger partial charge is 0.355 e. The molecule has 2 saturated carbocycles. The monoisotopic (exact) mass is 294 g/mol. The fraction of sp³-hybridized carbons (Fsp3) is 0.944. The molecule has 2 rings (SSSR count). The van der Waals surface area contributed by atoms with Crippen LogP contribution in [0.1, 0.15) is 71.6 Å². The molecular weight excluding hydrogens is 260 g/mol. The van der Waals surface area contributed by atoms with E-state index in [9.17, 15) is 4.79 Å². The maximum Gasteiger partial charge on any atom is 0.222 e. The zero-order valence-corrected chi connectivity index (χ0v) is 14.0. The van der Waals surface area contributed by atoms with E-state index in [1.54, 1.807) is 0 Å². The lowest BCUT2D eigenvalue weighted by molar-refractivity contribution is -0.123. The summed E-state index contributed by atoms with van der Waals surface area (Å²) in [7, 11) is 0. The fourth-order valence-electron chi connectivity index (χ4n) is 4.19. The Labute approximate surface area is 130 Å². The topological polar surface area (TPSA) is 41.1 Å². The molecule has 21 heavy (non-hydrogen) atoms. The van der Waals surface area contributed by atoms with Gasteiger partial charge in [-0.2, -0.15) is 0 Å². The molecule has 2 unspecified atom stereocenters. The highest BCUT2D eigenvalue weighted by Crippen LogP contribution is 2.38. The molecule has 2 N–H and O–H groups in total. The third-order valence-corrected chi connectivity index (χ3v) is 5.43. The summed E-state index contributed by atoms with van der Waals surface area (Å²) in [4.78, 5) is 11.6. The van der Waals surface area contributed by atoms with Gasteiger partial charge in [0, 0.05) is 25.0 Å².